The summed E-state index contributed by atoms with van der Waals surface area (Å²) in [5.41, 5.74) is 0.735. The van der Waals surface area contributed by atoms with Crippen LogP contribution in [0.3, 0.4) is 0 Å². The van der Waals surface area contributed by atoms with Crippen molar-refractivity contribution in [3.63, 3.8) is 0 Å². The zero-order valence-electron chi connectivity index (χ0n) is 13.6. The molecule has 1 amide bonds. The van der Waals surface area contributed by atoms with Crippen molar-refractivity contribution in [3.8, 4) is 0 Å². The Balaban J connectivity index is 1.77. The molecule has 1 aliphatic heterocycles. The van der Waals surface area contributed by atoms with E-state index in [-0.39, 0.29) is 5.91 Å². The number of sulfonamides is 1. The smallest absolute Gasteiger partial charge is 0.253 e. The summed E-state index contributed by atoms with van der Waals surface area (Å²) in [6, 6.07) is 9.37. The highest BCUT2D eigenvalue weighted by Crippen LogP contribution is 2.09. The molecule has 1 aliphatic rings. The van der Waals surface area contributed by atoms with E-state index in [2.05, 4.69) is 9.62 Å². The highest BCUT2D eigenvalue weighted by Gasteiger charge is 2.19. The summed E-state index contributed by atoms with van der Waals surface area (Å²) in [6.45, 7) is 4.56. The van der Waals surface area contributed by atoms with Crippen molar-refractivity contribution in [1.29, 1.82) is 0 Å². The van der Waals surface area contributed by atoms with Crippen LogP contribution in [-0.2, 0) is 10.0 Å². The average Bonchev–Trinajstić information content (AvgIpc) is 2.76. The monoisotopic (exact) mass is 339 g/mol. The van der Waals surface area contributed by atoms with Crippen molar-refractivity contribution in [3.05, 3.63) is 35.9 Å². The molecule has 23 heavy (non-hydrogen) atoms. The van der Waals surface area contributed by atoms with Crippen molar-refractivity contribution in [2.24, 2.45) is 0 Å². The van der Waals surface area contributed by atoms with Crippen molar-refractivity contribution in [1.82, 2.24) is 14.5 Å². The van der Waals surface area contributed by atoms with Crippen LogP contribution in [0.25, 0.3) is 0 Å². The Morgan fingerprint density at radius 3 is 2.57 bits per heavy atom. The highest BCUT2D eigenvalue weighted by molar-refractivity contribution is 7.88. The molecule has 1 N–H and O–H groups in total. The van der Waals surface area contributed by atoms with Gasteiger partial charge in [0.15, 0.2) is 0 Å². The maximum Gasteiger partial charge on any atom is 0.253 e. The second kappa shape index (κ2) is 8.42. The van der Waals surface area contributed by atoms with Crippen molar-refractivity contribution in [2.75, 3.05) is 45.5 Å². The van der Waals surface area contributed by atoms with Gasteiger partial charge in [-0.15, -0.1) is 0 Å². The Labute approximate surface area is 138 Å². The van der Waals surface area contributed by atoms with Crippen molar-refractivity contribution < 1.29 is 13.2 Å². The number of hydrogen-bond acceptors (Lipinski definition) is 4. The summed E-state index contributed by atoms with van der Waals surface area (Å²) in [4.78, 5) is 16.7. The SMILES string of the molecule is CS(=O)(=O)NCCCN1CCCN(C(=O)c2ccccc2)CC1. The summed E-state index contributed by atoms with van der Waals surface area (Å²) >= 11 is 0. The molecular formula is C16H25N3O3S. The molecule has 6 nitrogen and oxygen atoms in total. The first-order valence-electron chi connectivity index (χ1n) is 7.97. The maximum absolute atomic E-state index is 12.5. The zero-order chi connectivity index (χ0) is 16.7. The first kappa shape index (κ1) is 17.9. The van der Waals surface area contributed by atoms with Crippen LogP contribution >= 0.6 is 0 Å². The molecule has 0 atom stereocenters. The van der Waals surface area contributed by atoms with Crippen molar-refractivity contribution in [2.45, 2.75) is 12.8 Å². The molecule has 128 valence electrons. The van der Waals surface area contributed by atoms with Gasteiger partial charge in [0.1, 0.15) is 0 Å². The molecule has 1 aromatic carbocycles. The molecule has 7 heteroatoms. The first-order valence-corrected chi connectivity index (χ1v) is 9.86. The molecule has 0 spiro atoms. The summed E-state index contributed by atoms with van der Waals surface area (Å²) in [5, 5.41) is 0. The van der Waals surface area contributed by atoms with Gasteiger partial charge in [-0.25, -0.2) is 13.1 Å². The van der Waals surface area contributed by atoms with E-state index < -0.39 is 10.0 Å². The van der Waals surface area contributed by atoms with Gasteiger partial charge in [-0.05, 0) is 38.1 Å². The predicted molar refractivity (Wildman–Crippen MR) is 90.9 cm³/mol. The predicted octanol–water partition coefficient (Wildman–Crippen LogP) is 0.774. The van der Waals surface area contributed by atoms with Gasteiger partial charge in [-0.3, -0.25) is 4.79 Å². The third-order valence-corrected chi connectivity index (χ3v) is 4.64. The largest absolute Gasteiger partial charge is 0.337 e. The molecule has 1 fully saturated rings. The lowest BCUT2D eigenvalue weighted by atomic mass is 10.2. The van der Waals surface area contributed by atoms with Crippen LogP contribution in [0.2, 0.25) is 0 Å². The Morgan fingerprint density at radius 1 is 1.13 bits per heavy atom. The van der Waals surface area contributed by atoms with Crippen molar-refractivity contribution >= 4 is 15.9 Å². The zero-order valence-corrected chi connectivity index (χ0v) is 14.4. The lowest BCUT2D eigenvalue weighted by Gasteiger charge is -2.22. The molecule has 0 saturated carbocycles. The summed E-state index contributed by atoms with van der Waals surface area (Å²) in [5.74, 6) is 0.0891. The van der Waals surface area contributed by atoms with Gasteiger partial charge in [0, 0.05) is 31.7 Å². The standard InChI is InChI=1S/C16H25N3O3S/c1-23(21,22)17-9-5-10-18-11-6-12-19(14-13-18)16(20)15-7-3-2-4-8-15/h2-4,7-8,17H,5-6,9-14H2,1H3. The quantitative estimate of drug-likeness (QED) is 0.778. The van der Waals surface area contributed by atoms with E-state index in [1.165, 1.54) is 6.26 Å². The number of amides is 1. The minimum atomic E-state index is -3.11. The van der Waals surface area contributed by atoms with Crippen LogP contribution in [-0.4, -0.2) is 69.6 Å². The van der Waals surface area contributed by atoms with Crippen LogP contribution < -0.4 is 4.72 Å². The van der Waals surface area contributed by atoms with E-state index in [0.29, 0.717) is 13.1 Å². The third kappa shape index (κ3) is 6.29. The van der Waals surface area contributed by atoms with E-state index in [0.717, 1.165) is 44.6 Å². The fourth-order valence-electron chi connectivity index (χ4n) is 2.72. The second-order valence-corrected chi connectivity index (χ2v) is 7.71. The number of carbonyl (C=O) groups is 1. The molecule has 0 aromatic heterocycles. The van der Waals surface area contributed by atoms with Gasteiger partial charge in [0.25, 0.3) is 5.91 Å². The fourth-order valence-corrected chi connectivity index (χ4v) is 3.24. The van der Waals surface area contributed by atoms with Gasteiger partial charge in [-0.2, -0.15) is 0 Å². The number of rotatable bonds is 6. The van der Waals surface area contributed by atoms with Crippen LogP contribution in [0.1, 0.15) is 23.2 Å². The van der Waals surface area contributed by atoms with Crippen LogP contribution in [0.5, 0.6) is 0 Å². The maximum atomic E-state index is 12.5. The van der Waals surface area contributed by atoms with Gasteiger partial charge >= 0.3 is 0 Å². The van der Waals surface area contributed by atoms with E-state index in [1.807, 2.05) is 35.2 Å². The Kier molecular flexibility index (Phi) is 6.56. The molecule has 0 radical (unpaired) electrons. The van der Waals surface area contributed by atoms with E-state index in [9.17, 15) is 13.2 Å². The molecule has 1 heterocycles. The first-order chi connectivity index (χ1) is 11.0. The molecule has 1 aromatic rings. The van der Waals surface area contributed by atoms with E-state index >= 15 is 0 Å². The lowest BCUT2D eigenvalue weighted by molar-refractivity contribution is 0.0761. The number of carbonyl (C=O) groups excluding carboxylic acids is 1. The normalized spacial score (nSPS) is 17.0. The number of benzene rings is 1. The van der Waals surface area contributed by atoms with Crippen LogP contribution in [0.4, 0.5) is 0 Å². The number of hydrogen-bond donors (Lipinski definition) is 1. The van der Waals surface area contributed by atoms with Gasteiger partial charge in [0.2, 0.25) is 10.0 Å². The molecule has 0 bridgehead atoms. The molecular weight excluding hydrogens is 314 g/mol. The van der Waals surface area contributed by atoms with Crippen LogP contribution in [0, 0.1) is 0 Å². The topological polar surface area (TPSA) is 69.7 Å². The number of nitrogens with zero attached hydrogens (tertiary/aromatic N) is 2. The van der Waals surface area contributed by atoms with Gasteiger partial charge < -0.3 is 9.80 Å². The fraction of sp³-hybridized carbons (Fsp3) is 0.562. The second-order valence-electron chi connectivity index (χ2n) is 5.87. The molecule has 0 aliphatic carbocycles. The summed E-state index contributed by atoms with van der Waals surface area (Å²) < 4.78 is 24.5. The molecule has 2 rings (SSSR count). The van der Waals surface area contributed by atoms with E-state index in [4.69, 9.17) is 0 Å². The van der Waals surface area contributed by atoms with Gasteiger partial charge in [-0.1, -0.05) is 18.2 Å². The third-order valence-electron chi connectivity index (χ3n) is 3.91. The lowest BCUT2D eigenvalue weighted by Crippen LogP contribution is -2.36. The van der Waals surface area contributed by atoms with E-state index in [1.54, 1.807) is 0 Å². The summed E-state index contributed by atoms with van der Waals surface area (Å²) in [7, 11) is -3.11. The number of nitrogens with one attached hydrogen (secondary N) is 1. The Hall–Kier alpha value is -1.44. The van der Waals surface area contributed by atoms with Crippen LogP contribution in [0.15, 0.2) is 30.3 Å². The summed E-state index contributed by atoms with van der Waals surface area (Å²) in [6.07, 6.45) is 2.89. The molecule has 1 saturated heterocycles. The minimum Gasteiger partial charge on any atom is -0.337 e. The Morgan fingerprint density at radius 2 is 1.87 bits per heavy atom. The average molecular weight is 339 g/mol. The Bertz CT molecular complexity index is 604. The minimum absolute atomic E-state index is 0.0891. The highest BCUT2D eigenvalue weighted by atomic mass is 32.2. The van der Waals surface area contributed by atoms with Gasteiger partial charge in [0.05, 0.1) is 6.26 Å². The molecule has 0 unspecified atom stereocenters.